The Balaban J connectivity index is 1.89. The van der Waals surface area contributed by atoms with E-state index in [2.05, 4.69) is 53.5 Å². The third kappa shape index (κ3) is 3.42. The molecule has 33 heavy (non-hydrogen) atoms. The summed E-state index contributed by atoms with van der Waals surface area (Å²) in [6.45, 7) is 0. The Morgan fingerprint density at radius 2 is 1.36 bits per heavy atom. The second-order valence-electron chi connectivity index (χ2n) is 7.73. The van der Waals surface area contributed by atoms with Crippen LogP contribution in [0.4, 0.5) is 0 Å². The predicted octanol–water partition coefficient (Wildman–Crippen LogP) is 6.69. The molecule has 0 radical (unpaired) electrons. The predicted molar refractivity (Wildman–Crippen MR) is 133 cm³/mol. The van der Waals surface area contributed by atoms with Crippen LogP contribution >= 0.6 is 0 Å². The molecule has 0 aliphatic carbocycles. The van der Waals surface area contributed by atoms with Gasteiger partial charge in [-0.25, -0.2) is 0 Å². The monoisotopic (exact) mass is 439 g/mol. The normalized spacial score (nSPS) is 11.0. The minimum atomic E-state index is 0.563. The Morgan fingerprint density at radius 3 is 2.06 bits per heavy atom. The van der Waals surface area contributed by atoms with E-state index in [-0.39, 0.29) is 0 Å². The molecule has 1 aromatic heterocycles. The number of hydrogen-bond acceptors (Lipinski definition) is 4. The van der Waals surface area contributed by atoms with Crippen molar-refractivity contribution in [3.05, 3.63) is 72.8 Å². The van der Waals surface area contributed by atoms with Gasteiger partial charge >= 0.3 is 0 Å². The Bertz CT molecular complexity index is 1440. The van der Waals surface area contributed by atoms with Gasteiger partial charge in [-0.05, 0) is 46.7 Å². The molecule has 166 valence electrons. The molecule has 1 heterocycles. The van der Waals surface area contributed by atoms with Gasteiger partial charge in [0.25, 0.3) is 0 Å². The van der Waals surface area contributed by atoms with Crippen LogP contribution < -0.4 is 18.9 Å². The summed E-state index contributed by atoms with van der Waals surface area (Å²) in [5.41, 5.74) is 5.14. The minimum absolute atomic E-state index is 0.563. The molecule has 5 rings (SSSR count). The molecule has 0 unspecified atom stereocenters. The summed E-state index contributed by atoms with van der Waals surface area (Å²) in [5.74, 6) is 2.56. The zero-order valence-electron chi connectivity index (χ0n) is 19.1. The number of H-pyrrole nitrogens is 1. The van der Waals surface area contributed by atoms with Crippen molar-refractivity contribution in [2.75, 3.05) is 28.4 Å². The van der Waals surface area contributed by atoms with Crippen molar-refractivity contribution in [1.29, 1.82) is 0 Å². The van der Waals surface area contributed by atoms with Crippen molar-refractivity contribution >= 4 is 21.7 Å². The summed E-state index contributed by atoms with van der Waals surface area (Å²) in [5, 5.41) is 3.40. The van der Waals surface area contributed by atoms with Crippen molar-refractivity contribution < 1.29 is 18.9 Å². The molecule has 0 saturated carbocycles. The number of aromatic amines is 1. The first kappa shape index (κ1) is 20.8. The number of ether oxygens (including phenoxy) is 4. The molecule has 1 N–H and O–H groups in total. The van der Waals surface area contributed by atoms with E-state index in [4.69, 9.17) is 18.9 Å². The molecule has 0 aliphatic heterocycles. The first-order valence-electron chi connectivity index (χ1n) is 10.7. The summed E-state index contributed by atoms with van der Waals surface area (Å²) >= 11 is 0. The van der Waals surface area contributed by atoms with E-state index in [1.807, 2.05) is 24.3 Å². The topological polar surface area (TPSA) is 52.7 Å². The fourth-order valence-electron chi connectivity index (χ4n) is 4.47. The van der Waals surface area contributed by atoms with Crippen molar-refractivity contribution in [3.63, 3.8) is 0 Å². The third-order valence-electron chi connectivity index (χ3n) is 6.02. The van der Waals surface area contributed by atoms with Crippen molar-refractivity contribution in [2.24, 2.45) is 0 Å². The summed E-state index contributed by atoms with van der Waals surface area (Å²) in [4.78, 5) is 3.66. The largest absolute Gasteiger partial charge is 0.497 e. The molecule has 0 saturated heterocycles. The van der Waals surface area contributed by atoms with Crippen LogP contribution in [0.5, 0.6) is 23.0 Å². The maximum atomic E-state index is 5.65. The van der Waals surface area contributed by atoms with E-state index in [0.717, 1.165) is 39.0 Å². The van der Waals surface area contributed by atoms with Crippen LogP contribution in [0.25, 0.3) is 44.1 Å². The first-order chi connectivity index (χ1) is 16.2. The minimum Gasteiger partial charge on any atom is -0.497 e. The number of hydrogen-bond donors (Lipinski definition) is 1. The average Bonchev–Trinajstić information content (AvgIpc) is 3.25. The highest BCUT2D eigenvalue weighted by Gasteiger charge is 2.21. The molecule has 0 bridgehead atoms. The van der Waals surface area contributed by atoms with Gasteiger partial charge in [0.1, 0.15) is 5.75 Å². The zero-order chi connectivity index (χ0) is 22.9. The third-order valence-corrected chi connectivity index (χ3v) is 6.02. The molecule has 0 fully saturated rings. The molecule has 0 spiro atoms. The zero-order valence-corrected chi connectivity index (χ0v) is 19.1. The number of methoxy groups -OCH3 is 4. The molecular formula is C28H25NO4. The lowest BCUT2D eigenvalue weighted by Crippen LogP contribution is -1.96. The standard InChI is InChI=1S/C28H25NO4/c1-30-19-12-13-23-22(16-19)26(18-14-24(31-2)28(33-4)25(15-18)32-3)27(29-23)21-11-7-9-17-8-5-6-10-20(17)21/h5-16,29H,1-4H3. The van der Waals surface area contributed by atoms with E-state index >= 15 is 0 Å². The van der Waals surface area contributed by atoms with Crippen molar-refractivity contribution in [2.45, 2.75) is 0 Å². The van der Waals surface area contributed by atoms with Gasteiger partial charge in [0.15, 0.2) is 11.5 Å². The molecular weight excluding hydrogens is 414 g/mol. The van der Waals surface area contributed by atoms with Crippen molar-refractivity contribution in [3.8, 4) is 45.4 Å². The fourth-order valence-corrected chi connectivity index (χ4v) is 4.47. The number of aromatic nitrogens is 1. The van der Waals surface area contributed by atoms with Gasteiger partial charge in [-0.1, -0.05) is 42.5 Å². The van der Waals surface area contributed by atoms with Crippen LogP contribution in [0.2, 0.25) is 0 Å². The van der Waals surface area contributed by atoms with Crippen LogP contribution in [0.15, 0.2) is 72.8 Å². The Labute approximate surface area is 192 Å². The van der Waals surface area contributed by atoms with E-state index in [1.165, 1.54) is 10.8 Å². The summed E-state index contributed by atoms with van der Waals surface area (Å²) in [7, 11) is 6.55. The molecule has 5 nitrogen and oxygen atoms in total. The quantitative estimate of drug-likeness (QED) is 0.320. The Morgan fingerprint density at radius 1 is 0.636 bits per heavy atom. The fraction of sp³-hybridized carbons (Fsp3) is 0.143. The lowest BCUT2D eigenvalue weighted by atomic mass is 9.94. The average molecular weight is 440 g/mol. The van der Waals surface area contributed by atoms with E-state index in [1.54, 1.807) is 28.4 Å². The van der Waals surface area contributed by atoms with Gasteiger partial charge in [-0.3, -0.25) is 0 Å². The number of fused-ring (bicyclic) bond motifs is 2. The first-order valence-corrected chi connectivity index (χ1v) is 10.7. The SMILES string of the molecule is COc1ccc2[nH]c(-c3cccc4ccccc34)c(-c3cc(OC)c(OC)c(OC)c3)c2c1. The van der Waals surface area contributed by atoms with Gasteiger partial charge in [0.05, 0.1) is 34.1 Å². The Hall–Kier alpha value is -4.12. The molecule has 0 amide bonds. The smallest absolute Gasteiger partial charge is 0.203 e. The van der Waals surface area contributed by atoms with E-state index in [0.29, 0.717) is 17.2 Å². The van der Waals surface area contributed by atoms with Crippen LogP contribution in [-0.2, 0) is 0 Å². The van der Waals surface area contributed by atoms with Gasteiger partial charge in [0, 0.05) is 22.0 Å². The van der Waals surface area contributed by atoms with Crippen molar-refractivity contribution in [1.82, 2.24) is 4.98 Å². The number of rotatable bonds is 6. The van der Waals surface area contributed by atoms with Crippen LogP contribution in [0.1, 0.15) is 0 Å². The molecule has 4 aromatic carbocycles. The van der Waals surface area contributed by atoms with Gasteiger partial charge in [0.2, 0.25) is 5.75 Å². The number of nitrogens with one attached hydrogen (secondary N) is 1. The lowest BCUT2D eigenvalue weighted by Gasteiger charge is -2.15. The number of benzene rings is 4. The maximum Gasteiger partial charge on any atom is 0.203 e. The second-order valence-corrected chi connectivity index (χ2v) is 7.73. The van der Waals surface area contributed by atoms with Crippen LogP contribution in [-0.4, -0.2) is 33.4 Å². The van der Waals surface area contributed by atoms with Crippen LogP contribution in [0.3, 0.4) is 0 Å². The van der Waals surface area contributed by atoms with Gasteiger partial charge in [-0.2, -0.15) is 0 Å². The molecule has 5 heteroatoms. The van der Waals surface area contributed by atoms with E-state index < -0.39 is 0 Å². The summed E-state index contributed by atoms with van der Waals surface area (Å²) in [6.07, 6.45) is 0. The lowest BCUT2D eigenvalue weighted by molar-refractivity contribution is 0.324. The van der Waals surface area contributed by atoms with Crippen LogP contribution in [0, 0.1) is 0 Å². The van der Waals surface area contributed by atoms with E-state index in [9.17, 15) is 0 Å². The maximum absolute atomic E-state index is 5.65. The summed E-state index contributed by atoms with van der Waals surface area (Å²) in [6, 6.07) is 24.8. The highest BCUT2D eigenvalue weighted by atomic mass is 16.5. The Kier molecular flexibility index (Phi) is 5.31. The second kappa shape index (κ2) is 8.43. The molecule has 5 aromatic rings. The molecule has 0 aliphatic rings. The highest BCUT2D eigenvalue weighted by Crippen LogP contribution is 2.47. The molecule has 0 atom stereocenters. The summed E-state index contributed by atoms with van der Waals surface area (Å²) < 4.78 is 22.4. The highest BCUT2D eigenvalue weighted by molar-refractivity contribution is 6.09. The van der Waals surface area contributed by atoms with Gasteiger partial charge in [-0.15, -0.1) is 0 Å². The van der Waals surface area contributed by atoms with Gasteiger partial charge < -0.3 is 23.9 Å².